The van der Waals surface area contributed by atoms with Crippen molar-refractivity contribution in [2.75, 3.05) is 129 Å². The van der Waals surface area contributed by atoms with Crippen molar-refractivity contribution >= 4 is 66.4 Å². The molecule has 12 rings (SSSR count). The van der Waals surface area contributed by atoms with E-state index < -0.39 is 0 Å². The highest BCUT2D eigenvalue weighted by atomic mass is 15.3. The number of hydrogen-bond acceptors (Lipinski definition) is 8. The third-order valence-corrected chi connectivity index (χ3v) is 17.6. The van der Waals surface area contributed by atoms with E-state index in [0.29, 0.717) is 0 Å². The Morgan fingerprint density at radius 1 is 0.372 bits per heavy atom. The van der Waals surface area contributed by atoms with Gasteiger partial charge in [0.25, 0.3) is 0 Å². The number of nitrogens with two attached hydrogens (primary N) is 4. The number of anilines is 4. The lowest BCUT2D eigenvalue weighted by Crippen LogP contribution is -2.45. The molecule has 0 radical (unpaired) electrons. The lowest BCUT2D eigenvalue weighted by atomic mass is 10.2. The molecule has 4 aromatic carbocycles. The summed E-state index contributed by atoms with van der Waals surface area (Å²) in [7, 11) is 8.87. The second-order valence-electron chi connectivity index (χ2n) is 24.5. The van der Waals surface area contributed by atoms with Crippen molar-refractivity contribution in [3.63, 3.8) is 0 Å². The largest absolute Gasteiger partial charge is 0.398 e. The maximum absolute atomic E-state index is 6.01. The van der Waals surface area contributed by atoms with Crippen molar-refractivity contribution in [1.82, 2.24) is 48.7 Å². The lowest BCUT2D eigenvalue weighted by molar-refractivity contribution is -0.897. The van der Waals surface area contributed by atoms with E-state index in [0.717, 1.165) is 142 Å². The molecule has 0 aliphatic carbocycles. The molecule has 0 spiro atoms. The van der Waals surface area contributed by atoms with Gasteiger partial charge in [0, 0.05) is 173 Å². The zero-order chi connectivity index (χ0) is 60.1. The SMILES string of the molecule is C[N+]1(CCCNCCn2ccc3c(N)cccc32)CCCC1.C[N+]1(CCNCCn2ccc3c(N)cccc32)CCCC1.C[n+]1ccn(CCCNCCn2ccc3c(N)cccc32)c1.C[n+]1ccn(CCNCCn2ccc3c(N)cccc32)c1. The highest BCUT2D eigenvalue weighted by Gasteiger charge is 2.26. The van der Waals surface area contributed by atoms with E-state index in [2.05, 4.69) is 183 Å². The minimum absolute atomic E-state index is 0.847. The number of hydrogen-bond donors (Lipinski definition) is 8. The van der Waals surface area contributed by atoms with Gasteiger partial charge in [0.15, 0.2) is 0 Å². The smallest absolute Gasteiger partial charge is 0.243 e. The fourth-order valence-electron chi connectivity index (χ4n) is 12.5. The van der Waals surface area contributed by atoms with Gasteiger partial charge in [0.05, 0.1) is 96.1 Å². The lowest BCUT2D eigenvalue weighted by Gasteiger charge is -2.29. The zero-order valence-corrected chi connectivity index (χ0v) is 52.2. The number of nitrogen functional groups attached to an aromatic ring is 4. The summed E-state index contributed by atoms with van der Waals surface area (Å²) >= 11 is 0. The fourth-order valence-corrected chi connectivity index (χ4v) is 12.5. The highest BCUT2D eigenvalue weighted by molar-refractivity contribution is 5.93. The summed E-state index contributed by atoms with van der Waals surface area (Å²) in [6.07, 6.45) is 29.0. The molecule has 2 fully saturated rings. The van der Waals surface area contributed by atoms with Crippen molar-refractivity contribution in [2.45, 2.75) is 77.8 Å². The summed E-state index contributed by atoms with van der Waals surface area (Å²) in [5.41, 5.74) is 32.3. The molecule has 18 nitrogen and oxygen atoms in total. The van der Waals surface area contributed by atoms with Gasteiger partial charge in [-0.25, -0.2) is 18.3 Å². The van der Waals surface area contributed by atoms with Gasteiger partial charge >= 0.3 is 0 Å². The molecule has 18 heteroatoms. The van der Waals surface area contributed by atoms with E-state index in [9.17, 15) is 0 Å². The molecule has 2 saturated heterocycles. The van der Waals surface area contributed by atoms with E-state index in [-0.39, 0.29) is 0 Å². The van der Waals surface area contributed by atoms with Gasteiger partial charge < -0.3 is 71.4 Å². The zero-order valence-electron chi connectivity index (χ0n) is 52.2. The van der Waals surface area contributed by atoms with Crippen LogP contribution >= 0.6 is 0 Å². The first-order valence-electron chi connectivity index (χ1n) is 31.7. The summed E-state index contributed by atoms with van der Waals surface area (Å²) in [5, 5.41) is 18.8. The monoisotopic (exact) mass is 1170 g/mol. The van der Waals surface area contributed by atoms with Crippen LogP contribution in [0.15, 0.2) is 159 Å². The van der Waals surface area contributed by atoms with Gasteiger partial charge in [-0.2, -0.15) is 0 Å². The standard InChI is InChI=1S/C18H29N4.C17H24N5.C17H27N4.C16H22N5/c1-22(13-2-3-14-22)15-5-9-20-10-12-21-11-8-16-17(19)6-4-7-18(16)21;1-20-12-13-21(14-20)9-3-7-19-8-11-22-10-6-15-16(18)4-2-5-17(15)22;1-21(12-2-3-13-21)14-9-19-8-11-20-10-7-15-16(18)5-4-6-17(15)20;1-19-11-12-20(13-19)9-6-18-7-10-21-8-5-14-15(17)3-2-4-16(14)21/h4,6-8,11,20H,2-3,5,9-10,12-15,19H2,1H3;2,4-6,10,12-14,19H,3,7-9,11,18H2,1H3;4-7,10,19H,2-3,8-9,11-14,18H2,1H3;2-5,8,11-13,18H,6-7,9-10,17H2,1H3/q4*+1. The number of quaternary nitrogens is 2. The van der Waals surface area contributed by atoms with Crippen LogP contribution in [0.4, 0.5) is 22.7 Å². The highest BCUT2D eigenvalue weighted by Crippen LogP contribution is 2.25. The Hall–Kier alpha value is -7.58. The van der Waals surface area contributed by atoms with Gasteiger partial charge in [-0.3, -0.25) is 0 Å². The number of nitrogens with zero attached hydrogens (tertiary/aromatic N) is 10. The molecular weight excluding hydrogens is 1070 g/mol. The van der Waals surface area contributed by atoms with E-state index in [1.165, 1.54) is 102 Å². The van der Waals surface area contributed by atoms with Crippen LogP contribution in [0.3, 0.4) is 0 Å². The maximum Gasteiger partial charge on any atom is 0.243 e. The van der Waals surface area contributed by atoms with Crippen LogP contribution in [0.2, 0.25) is 0 Å². The topological polar surface area (TPSA) is 190 Å². The molecule has 0 unspecified atom stereocenters. The number of likely N-dealkylation sites (tertiary alicyclic amines) is 2. The Kier molecular flexibility index (Phi) is 22.8. The second-order valence-corrected chi connectivity index (χ2v) is 24.5. The van der Waals surface area contributed by atoms with Crippen molar-refractivity contribution < 1.29 is 18.1 Å². The third-order valence-electron chi connectivity index (χ3n) is 17.6. The Morgan fingerprint density at radius 3 is 1.07 bits per heavy atom. The van der Waals surface area contributed by atoms with Gasteiger partial charge in [-0.1, -0.05) is 24.3 Å². The first-order chi connectivity index (χ1) is 41.8. The summed E-state index contributed by atoms with van der Waals surface area (Å²) < 4.78 is 20.1. The number of rotatable bonds is 26. The molecule has 2 aliphatic heterocycles. The number of imidazole rings is 2. The third kappa shape index (κ3) is 17.8. The number of nitrogens with one attached hydrogen (secondary N) is 4. The van der Waals surface area contributed by atoms with Gasteiger partial charge in [0.1, 0.15) is 31.3 Å². The van der Waals surface area contributed by atoms with Gasteiger partial charge in [-0.05, 0) is 85.8 Å². The summed E-state index contributed by atoms with van der Waals surface area (Å²) in [6.45, 7) is 22.1. The number of aromatic nitrogens is 8. The molecule has 0 atom stereocenters. The minimum atomic E-state index is 0.847. The summed E-state index contributed by atoms with van der Waals surface area (Å²) in [6, 6.07) is 32.8. The Labute approximate surface area is 510 Å². The van der Waals surface area contributed by atoms with Crippen LogP contribution in [0.1, 0.15) is 38.5 Å². The first-order valence-corrected chi connectivity index (χ1v) is 31.7. The maximum atomic E-state index is 6.01. The Morgan fingerprint density at radius 2 is 0.698 bits per heavy atom. The van der Waals surface area contributed by atoms with Crippen molar-refractivity contribution in [2.24, 2.45) is 14.1 Å². The van der Waals surface area contributed by atoms with E-state index >= 15 is 0 Å². The van der Waals surface area contributed by atoms with Crippen LogP contribution in [0.5, 0.6) is 0 Å². The minimum Gasteiger partial charge on any atom is -0.398 e. The molecule has 10 aromatic rings. The van der Waals surface area contributed by atoms with Crippen LogP contribution in [0, 0.1) is 0 Å². The van der Waals surface area contributed by atoms with Crippen molar-refractivity contribution in [1.29, 1.82) is 0 Å². The Bertz CT molecular complexity index is 3620. The van der Waals surface area contributed by atoms with Crippen LogP contribution in [-0.2, 0) is 53.4 Å². The summed E-state index contributed by atoms with van der Waals surface area (Å²) in [5.74, 6) is 0. The molecule has 2 aliphatic rings. The molecule has 460 valence electrons. The molecule has 8 heterocycles. The predicted molar refractivity (Wildman–Crippen MR) is 357 cm³/mol. The average Bonchev–Trinajstić information content (AvgIpc) is 4.34. The van der Waals surface area contributed by atoms with Crippen LogP contribution < -0.4 is 53.3 Å². The molecule has 0 amide bonds. The van der Waals surface area contributed by atoms with E-state index in [1.54, 1.807) is 0 Å². The summed E-state index contributed by atoms with van der Waals surface area (Å²) in [4.78, 5) is 0. The first kappa shape index (κ1) is 62.9. The fraction of sp³-hybridized carbons (Fsp3) is 0.441. The van der Waals surface area contributed by atoms with E-state index in [4.69, 9.17) is 22.9 Å². The molecule has 86 heavy (non-hydrogen) atoms. The van der Waals surface area contributed by atoms with Crippen LogP contribution in [-0.4, -0.2) is 142 Å². The van der Waals surface area contributed by atoms with Gasteiger partial charge in [-0.15, -0.1) is 0 Å². The second kappa shape index (κ2) is 31.2. The van der Waals surface area contributed by atoms with Gasteiger partial charge in [0.2, 0.25) is 12.7 Å². The molecule has 6 aromatic heterocycles. The molecule has 12 N–H and O–H groups in total. The quantitative estimate of drug-likeness (QED) is 0.0121. The number of likely N-dealkylation sites (N-methyl/N-ethyl adjacent to an activating group) is 1. The van der Waals surface area contributed by atoms with Crippen LogP contribution in [0.25, 0.3) is 43.6 Å². The Balaban J connectivity index is 0.000000137. The van der Waals surface area contributed by atoms with E-state index in [1.807, 2.05) is 62.6 Å². The van der Waals surface area contributed by atoms with Crippen molar-refractivity contribution in [3.05, 3.63) is 159 Å². The number of benzene rings is 4. The molecular formula is C68H102N18+4. The predicted octanol–water partition coefficient (Wildman–Crippen LogP) is 7.17. The van der Waals surface area contributed by atoms with Crippen molar-refractivity contribution in [3.8, 4) is 0 Å². The molecule has 0 saturated carbocycles. The number of aryl methyl sites for hydroxylation is 3. The normalized spacial score (nSPS) is 14.4. The molecule has 0 bridgehead atoms. The average molecular weight is 1170 g/mol. The number of fused-ring (bicyclic) bond motifs is 4.